The summed E-state index contributed by atoms with van der Waals surface area (Å²) >= 11 is 6.96. The van der Waals surface area contributed by atoms with E-state index >= 15 is 0 Å². The van der Waals surface area contributed by atoms with E-state index in [1.165, 1.54) is 11.3 Å². The molecule has 0 radical (unpaired) electrons. The van der Waals surface area contributed by atoms with E-state index in [1.807, 2.05) is 0 Å². The summed E-state index contributed by atoms with van der Waals surface area (Å²) < 4.78 is 0.587. The van der Waals surface area contributed by atoms with Crippen LogP contribution in [0.2, 0.25) is 4.34 Å². The molecule has 4 nitrogen and oxygen atoms in total. The molecule has 1 saturated heterocycles. The zero-order valence-corrected chi connectivity index (χ0v) is 10.0. The number of amides is 1. The molecular weight excluding hydrogens is 248 g/mol. The van der Waals surface area contributed by atoms with Crippen molar-refractivity contribution in [1.82, 2.24) is 10.6 Å². The fourth-order valence-electron chi connectivity index (χ4n) is 1.55. The SMILES string of the molecule is O=C(NC[C@H]1CNCC1=O)c1ccc(Cl)s1. The molecule has 0 aliphatic carbocycles. The number of nitrogens with one attached hydrogen (secondary N) is 2. The van der Waals surface area contributed by atoms with Crippen molar-refractivity contribution in [3.63, 3.8) is 0 Å². The van der Waals surface area contributed by atoms with Crippen LogP contribution in [0.25, 0.3) is 0 Å². The molecule has 1 aliphatic rings. The topological polar surface area (TPSA) is 58.2 Å². The van der Waals surface area contributed by atoms with E-state index in [-0.39, 0.29) is 17.6 Å². The molecule has 1 fully saturated rings. The highest BCUT2D eigenvalue weighted by atomic mass is 35.5. The number of ketones is 1. The lowest BCUT2D eigenvalue weighted by atomic mass is 10.1. The van der Waals surface area contributed by atoms with Gasteiger partial charge < -0.3 is 10.6 Å². The summed E-state index contributed by atoms with van der Waals surface area (Å²) in [5.41, 5.74) is 0. The van der Waals surface area contributed by atoms with Gasteiger partial charge in [0.25, 0.3) is 5.91 Å². The fraction of sp³-hybridized carbons (Fsp3) is 0.400. The molecule has 2 N–H and O–H groups in total. The summed E-state index contributed by atoms with van der Waals surface area (Å²) in [4.78, 5) is 23.5. The number of Topliss-reactive ketones (excluding diaryl/α,β-unsaturated/α-hetero) is 1. The maximum absolute atomic E-state index is 11.6. The second-order valence-corrected chi connectivity index (χ2v) is 5.32. The Kier molecular flexibility index (Phi) is 3.58. The minimum atomic E-state index is -0.170. The molecule has 0 bridgehead atoms. The van der Waals surface area contributed by atoms with Gasteiger partial charge >= 0.3 is 0 Å². The van der Waals surface area contributed by atoms with Gasteiger partial charge in [0, 0.05) is 19.0 Å². The Balaban J connectivity index is 1.86. The molecule has 6 heteroatoms. The van der Waals surface area contributed by atoms with Crippen molar-refractivity contribution in [2.75, 3.05) is 19.6 Å². The van der Waals surface area contributed by atoms with E-state index in [2.05, 4.69) is 10.6 Å². The number of rotatable bonds is 3. The molecular formula is C10H11ClN2O2S. The van der Waals surface area contributed by atoms with Gasteiger partial charge in [0.1, 0.15) is 0 Å². The molecule has 0 aromatic carbocycles. The van der Waals surface area contributed by atoms with E-state index in [9.17, 15) is 9.59 Å². The maximum atomic E-state index is 11.6. The summed E-state index contributed by atoms with van der Waals surface area (Å²) in [6.45, 7) is 1.44. The lowest BCUT2D eigenvalue weighted by molar-refractivity contribution is -0.119. The number of carbonyl (C=O) groups is 2. The van der Waals surface area contributed by atoms with Crippen molar-refractivity contribution < 1.29 is 9.59 Å². The average molecular weight is 259 g/mol. The summed E-state index contributed by atoms with van der Waals surface area (Å²) in [6, 6.07) is 3.36. The molecule has 0 unspecified atom stereocenters. The Labute approximate surface area is 102 Å². The highest BCUT2D eigenvalue weighted by Gasteiger charge is 2.24. The molecule has 0 spiro atoms. The molecule has 2 rings (SSSR count). The molecule has 1 atom stereocenters. The number of hydrogen-bond acceptors (Lipinski definition) is 4. The molecule has 2 heterocycles. The van der Waals surface area contributed by atoms with E-state index in [1.54, 1.807) is 12.1 Å². The van der Waals surface area contributed by atoms with E-state index in [4.69, 9.17) is 11.6 Å². The van der Waals surface area contributed by atoms with Gasteiger partial charge in [0.2, 0.25) is 0 Å². The average Bonchev–Trinajstić information content (AvgIpc) is 2.84. The second-order valence-electron chi connectivity index (χ2n) is 3.61. The van der Waals surface area contributed by atoms with Crippen molar-refractivity contribution in [3.8, 4) is 0 Å². The Morgan fingerprint density at radius 2 is 2.44 bits per heavy atom. The van der Waals surface area contributed by atoms with Gasteiger partial charge in [-0.25, -0.2) is 0 Å². The minimum Gasteiger partial charge on any atom is -0.351 e. The standard InChI is InChI=1S/C10H11ClN2O2S/c11-9-2-1-8(16-9)10(15)13-4-6-3-12-5-7(6)14/h1-2,6,12H,3-5H2,(H,13,15)/t6-/m1/s1. The lowest BCUT2D eigenvalue weighted by Gasteiger charge is -2.07. The van der Waals surface area contributed by atoms with Gasteiger partial charge in [-0.2, -0.15) is 0 Å². The minimum absolute atomic E-state index is 0.0978. The molecule has 1 aliphatic heterocycles. The zero-order valence-electron chi connectivity index (χ0n) is 8.46. The highest BCUT2D eigenvalue weighted by molar-refractivity contribution is 7.17. The predicted octanol–water partition coefficient (Wildman–Crippen LogP) is 0.920. The van der Waals surface area contributed by atoms with Crippen LogP contribution in [0.1, 0.15) is 9.67 Å². The van der Waals surface area contributed by atoms with Gasteiger partial charge in [0.05, 0.1) is 15.8 Å². The summed E-state index contributed by atoms with van der Waals surface area (Å²) in [6.07, 6.45) is 0. The van der Waals surface area contributed by atoms with Crippen LogP contribution in [0.3, 0.4) is 0 Å². The first kappa shape index (κ1) is 11.6. The van der Waals surface area contributed by atoms with Crippen molar-refractivity contribution in [3.05, 3.63) is 21.3 Å². The molecule has 16 heavy (non-hydrogen) atoms. The van der Waals surface area contributed by atoms with Crippen molar-refractivity contribution in [1.29, 1.82) is 0 Å². The van der Waals surface area contributed by atoms with Crippen LogP contribution >= 0.6 is 22.9 Å². The third-order valence-electron chi connectivity index (χ3n) is 2.45. The first-order valence-corrected chi connectivity index (χ1v) is 6.13. The summed E-state index contributed by atoms with van der Waals surface area (Å²) in [7, 11) is 0. The van der Waals surface area contributed by atoms with Crippen LogP contribution in [0.5, 0.6) is 0 Å². The van der Waals surface area contributed by atoms with Crippen molar-refractivity contribution in [2.24, 2.45) is 5.92 Å². The molecule has 1 amide bonds. The number of carbonyl (C=O) groups excluding carboxylic acids is 2. The van der Waals surface area contributed by atoms with E-state index < -0.39 is 0 Å². The summed E-state index contributed by atoms with van der Waals surface area (Å²) in [5.74, 6) is -0.111. The Bertz CT molecular complexity index is 419. The smallest absolute Gasteiger partial charge is 0.261 e. The van der Waals surface area contributed by atoms with Crippen LogP contribution in [0.15, 0.2) is 12.1 Å². The monoisotopic (exact) mass is 258 g/mol. The highest BCUT2D eigenvalue weighted by Crippen LogP contribution is 2.21. The largest absolute Gasteiger partial charge is 0.351 e. The normalized spacial score (nSPS) is 20.1. The van der Waals surface area contributed by atoms with Gasteiger partial charge in [-0.15, -0.1) is 11.3 Å². The molecule has 1 aromatic heterocycles. The quantitative estimate of drug-likeness (QED) is 0.848. The van der Waals surface area contributed by atoms with Crippen molar-refractivity contribution in [2.45, 2.75) is 0 Å². The van der Waals surface area contributed by atoms with Gasteiger partial charge in [-0.1, -0.05) is 11.6 Å². The Morgan fingerprint density at radius 1 is 1.62 bits per heavy atom. The van der Waals surface area contributed by atoms with E-state index in [0.717, 1.165) is 0 Å². The van der Waals surface area contributed by atoms with Gasteiger partial charge in [-0.05, 0) is 12.1 Å². The lowest BCUT2D eigenvalue weighted by Crippen LogP contribution is -2.32. The van der Waals surface area contributed by atoms with Gasteiger partial charge in [-0.3, -0.25) is 9.59 Å². The molecule has 86 valence electrons. The number of hydrogen-bond donors (Lipinski definition) is 2. The van der Waals surface area contributed by atoms with Crippen LogP contribution < -0.4 is 10.6 Å². The number of thiophene rings is 1. The first-order chi connectivity index (χ1) is 7.66. The molecule has 0 saturated carbocycles. The van der Waals surface area contributed by atoms with Crippen LogP contribution in [0.4, 0.5) is 0 Å². The Morgan fingerprint density at radius 3 is 3.00 bits per heavy atom. The third kappa shape index (κ3) is 2.61. The summed E-state index contributed by atoms with van der Waals surface area (Å²) in [5, 5.41) is 5.71. The van der Waals surface area contributed by atoms with Crippen LogP contribution in [-0.4, -0.2) is 31.3 Å². The predicted molar refractivity (Wildman–Crippen MR) is 63.0 cm³/mol. The zero-order chi connectivity index (χ0) is 11.5. The van der Waals surface area contributed by atoms with Crippen molar-refractivity contribution >= 4 is 34.6 Å². The fourth-order valence-corrected chi connectivity index (χ4v) is 2.51. The third-order valence-corrected chi connectivity index (χ3v) is 3.68. The van der Waals surface area contributed by atoms with Crippen LogP contribution in [-0.2, 0) is 4.79 Å². The van der Waals surface area contributed by atoms with Gasteiger partial charge in [0.15, 0.2) is 5.78 Å². The number of halogens is 1. The second kappa shape index (κ2) is 4.95. The molecule has 1 aromatic rings. The maximum Gasteiger partial charge on any atom is 0.261 e. The van der Waals surface area contributed by atoms with E-state index in [0.29, 0.717) is 28.8 Å². The first-order valence-electron chi connectivity index (χ1n) is 4.94. The van der Waals surface area contributed by atoms with Crippen LogP contribution in [0, 0.1) is 5.92 Å². The Hall–Kier alpha value is -0.910.